The molecule has 0 saturated heterocycles. The van der Waals surface area contributed by atoms with E-state index in [0.717, 1.165) is 6.42 Å². The van der Waals surface area contributed by atoms with Gasteiger partial charge in [0.1, 0.15) is 0 Å². The van der Waals surface area contributed by atoms with E-state index in [-0.39, 0.29) is 5.91 Å². The van der Waals surface area contributed by atoms with Gasteiger partial charge in [-0.05, 0) is 30.4 Å². The van der Waals surface area contributed by atoms with Crippen LogP contribution in [0.5, 0.6) is 0 Å². The number of carbonyl (C=O) groups excluding carboxylic acids is 1. The van der Waals surface area contributed by atoms with Gasteiger partial charge in [-0.15, -0.1) is 0 Å². The monoisotopic (exact) mass is 285 g/mol. The zero-order chi connectivity index (χ0) is 14.8. The fourth-order valence-electron chi connectivity index (χ4n) is 3.28. The van der Waals surface area contributed by atoms with Gasteiger partial charge in [0.15, 0.2) is 0 Å². The minimum absolute atomic E-state index is 0.129. The van der Waals surface area contributed by atoms with Gasteiger partial charge < -0.3 is 10.4 Å². The van der Waals surface area contributed by atoms with E-state index in [1.165, 1.54) is 11.1 Å². The van der Waals surface area contributed by atoms with Crippen molar-refractivity contribution in [1.29, 1.82) is 0 Å². The van der Waals surface area contributed by atoms with E-state index in [4.69, 9.17) is 0 Å². The molecule has 0 aliphatic heterocycles. The number of hydrogen-bond donors (Lipinski definition) is 2. The van der Waals surface area contributed by atoms with Crippen LogP contribution in [0.4, 0.5) is 0 Å². The summed E-state index contributed by atoms with van der Waals surface area (Å²) in [4.78, 5) is 23.5. The summed E-state index contributed by atoms with van der Waals surface area (Å²) in [5.74, 6) is -1.68. The van der Waals surface area contributed by atoms with Gasteiger partial charge in [0.05, 0.1) is 11.8 Å². The van der Waals surface area contributed by atoms with Gasteiger partial charge in [0.2, 0.25) is 5.91 Å². The molecule has 0 fully saturated rings. The van der Waals surface area contributed by atoms with Gasteiger partial charge >= 0.3 is 5.97 Å². The molecule has 0 aromatic heterocycles. The molecular formula is C17H19NO3. The molecule has 0 saturated carbocycles. The Hall–Kier alpha value is -2.10. The molecule has 4 nitrogen and oxygen atoms in total. The molecule has 0 radical (unpaired) electrons. The van der Waals surface area contributed by atoms with Crippen molar-refractivity contribution in [2.75, 3.05) is 6.54 Å². The van der Waals surface area contributed by atoms with Gasteiger partial charge in [0, 0.05) is 12.5 Å². The van der Waals surface area contributed by atoms with E-state index < -0.39 is 17.8 Å². The van der Waals surface area contributed by atoms with Gasteiger partial charge in [-0.25, -0.2) is 0 Å². The molecule has 1 amide bonds. The topological polar surface area (TPSA) is 66.4 Å². The third kappa shape index (κ3) is 2.71. The summed E-state index contributed by atoms with van der Waals surface area (Å²) in [6.07, 6.45) is 5.71. The second-order valence-electron chi connectivity index (χ2n) is 5.84. The Labute approximate surface area is 123 Å². The number of rotatable bonds is 4. The first-order valence-corrected chi connectivity index (χ1v) is 7.40. The predicted octanol–water partition coefficient (Wildman–Crippen LogP) is 2.11. The van der Waals surface area contributed by atoms with Gasteiger partial charge in [0.25, 0.3) is 0 Å². The molecule has 1 aromatic rings. The van der Waals surface area contributed by atoms with Crippen molar-refractivity contribution in [3.05, 3.63) is 47.5 Å². The van der Waals surface area contributed by atoms with Crippen molar-refractivity contribution in [2.45, 2.75) is 25.2 Å². The summed E-state index contributed by atoms with van der Waals surface area (Å²) < 4.78 is 0. The molecule has 2 aliphatic carbocycles. The number of carboxylic acids is 1. The second kappa shape index (κ2) is 5.72. The molecule has 1 aromatic carbocycles. The summed E-state index contributed by atoms with van der Waals surface area (Å²) in [5, 5.41) is 12.2. The summed E-state index contributed by atoms with van der Waals surface area (Å²) in [6.45, 7) is 0.600. The lowest BCUT2D eigenvalue weighted by Crippen LogP contribution is -2.41. The SMILES string of the molecule is O=C(O)[C@H]1CC=CC[C@H]1C(=O)NCC1Cc2ccccc21. The standard InChI is InChI=1S/C17H19NO3/c19-16(14-7-3-4-8-15(14)17(20)21)18-10-12-9-11-5-1-2-6-13(11)12/h1-6,12,14-15H,7-10H2,(H,18,19)(H,20,21)/t12?,14-,15+/m1/s1. The van der Waals surface area contributed by atoms with Crippen LogP contribution in [0.15, 0.2) is 36.4 Å². The first-order chi connectivity index (χ1) is 10.2. The fourth-order valence-corrected chi connectivity index (χ4v) is 3.28. The van der Waals surface area contributed by atoms with Crippen LogP contribution in [0.25, 0.3) is 0 Å². The highest BCUT2D eigenvalue weighted by molar-refractivity contribution is 5.85. The number of benzene rings is 1. The number of nitrogens with one attached hydrogen (secondary N) is 1. The Morgan fingerprint density at radius 3 is 2.57 bits per heavy atom. The first-order valence-electron chi connectivity index (χ1n) is 7.40. The van der Waals surface area contributed by atoms with Crippen LogP contribution >= 0.6 is 0 Å². The second-order valence-corrected chi connectivity index (χ2v) is 5.84. The number of carbonyl (C=O) groups is 2. The van der Waals surface area contributed by atoms with Crippen molar-refractivity contribution in [2.24, 2.45) is 11.8 Å². The maximum absolute atomic E-state index is 12.3. The van der Waals surface area contributed by atoms with Gasteiger partial charge in [-0.2, -0.15) is 0 Å². The minimum atomic E-state index is -0.881. The lowest BCUT2D eigenvalue weighted by molar-refractivity contribution is -0.147. The highest BCUT2D eigenvalue weighted by Gasteiger charge is 2.34. The third-order valence-corrected chi connectivity index (χ3v) is 4.57. The molecule has 3 rings (SSSR count). The van der Waals surface area contributed by atoms with Crippen molar-refractivity contribution in [3.63, 3.8) is 0 Å². The van der Waals surface area contributed by atoms with Crippen LogP contribution in [-0.4, -0.2) is 23.5 Å². The van der Waals surface area contributed by atoms with Crippen LogP contribution in [0.3, 0.4) is 0 Å². The lowest BCUT2D eigenvalue weighted by Gasteiger charge is -2.31. The number of allylic oxidation sites excluding steroid dienone is 2. The zero-order valence-electron chi connectivity index (χ0n) is 11.8. The smallest absolute Gasteiger partial charge is 0.307 e. The summed E-state index contributed by atoms with van der Waals surface area (Å²) in [6, 6.07) is 8.25. The van der Waals surface area contributed by atoms with E-state index in [1.807, 2.05) is 24.3 Å². The van der Waals surface area contributed by atoms with Crippen LogP contribution in [0.1, 0.15) is 29.9 Å². The van der Waals surface area contributed by atoms with Crippen molar-refractivity contribution in [3.8, 4) is 0 Å². The Morgan fingerprint density at radius 1 is 1.14 bits per heavy atom. The Morgan fingerprint density at radius 2 is 1.86 bits per heavy atom. The maximum Gasteiger partial charge on any atom is 0.307 e. The van der Waals surface area contributed by atoms with Crippen LogP contribution in [0, 0.1) is 11.8 Å². The first kappa shape index (κ1) is 13.9. The summed E-state index contributed by atoms with van der Waals surface area (Å²) in [5.41, 5.74) is 2.65. The number of amides is 1. The molecule has 2 aliphatic rings. The number of aliphatic carboxylic acids is 1. The Balaban J connectivity index is 1.57. The van der Waals surface area contributed by atoms with Crippen LogP contribution in [0.2, 0.25) is 0 Å². The van der Waals surface area contributed by atoms with Crippen molar-refractivity contribution in [1.82, 2.24) is 5.32 Å². The average Bonchev–Trinajstić information content (AvgIpc) is 2.48. The quantitative estimate of drug-likeness (QED) is 0.833. The van der Waals surface area contributed by atoms with E-state index in [0.29, 0.717) is 25.3 Å². The number of fused-ring (bicyclic) bond motifs is 1. The summed E-state index contributed by atoms with van der Waals surface area (Å²) >= 11 is 0. The molecule has 2 N–H and O–H groups in total. The largest absolute Gasteiger partial charge is 0.481 e. The average molecular weight is 285 g/mol. The fraction of sp³-hybridized carbons (Fsp3) is 0.412. The summed E-state index contributed by atoms with van der Waals surface area (Å²) in [7, 11) is 0. The Bertz CT molecular complexity index is 593. The van der Waals surface area contributed by atoms with E-state index >= 15 is 0 Å². The molecule has 0 spiro atoms. The van der Waals surface area contributed by atoms with E-state index in [9.17, 15) is 14.7 Å². The molecule has 3 atom stereocenters. The van der Waals surface area contributed by atoms with Crippen molar-refractivity contribution >= 4 is 11.9 Å². The molecule has 0 heterocycles. The maximum atomic E-state index is 12.3. The van der Waals surface area contributed by atoms with Gasteiger partial charge in [-0.1, -0.05) is 36.4 Å². The zero-order valence-corrected chi connectivity index (χ0v) is 11.8. The van der Waals surface area contributed by atoms with E-state index in [2.05, 4.69) is 17.4 Å². The minimum Gasteiger partial charge on any atom is -0.481 e. The normalized spacial score (nSPS) is 26.6. The molecule has 0 bridgehead atoms. The molecule has 1 unspecified atom stereocenters. The van der Waals surface area contributed by atoms with E-state index in [1.54, 1.807) is 0 Å². The van der Waals surface area contributed by atoms with Crippen LogP contribution < -0.4 is 5.32 Å². The highest BCUT2D eigenvalue weighted by Crippen LogP contribution is 2.34. The number of hydrogen-bond acceptors (Lipinski definition) is 2. The number of carboxylic acid groups (broad SMARTS) is 1. The molecule has 21 heavy (non-hydrogen) atoms. The Kier molecular flexibility index (Phi) is 3.78. The molecular weight excluding hydrogens is 266 g/mol. The highest BCUT2D eigenvalue weighted by atomic mass is 16.4. The van der Waals surface area contributed by atoms with Crippen LogP contribution in [-0.2, 0) is 16.0 Å². The van der Waals surface area contributed by atoms with Gasteiger partial charge in [-0.3, -0.25) is 9.59 Å². The van der Waals surface area contributed by atoms with Crippen molar-refractivity contribution < 1.29 is 14.7 Å². The molecule has 4 heteroatoms. The third-order valence-electron chi connectivity index (χ3n) is 4.57. The predicted molar refractivity (Wildman–Crippen MR) is 78.9 cm³/mol. The molecule has 110 valence electrons. The lowest BCUT2D eigenvalue weighted by atomic mass is 9.77.